The Morgan fingerprint density at radius 2 is 1.73 bits per heavy atom. The van der Waals surface area contributed by atoms with Gasteiger partial charge in [0.15, 0.2) is 0 Å². The lowest BCUT2D eigenvalue weighted by Crippen LogP contribution is -2.52. The number of nitrogen functional groups attached to an aromatic ring is 1. The zero-order valence-electron chi connectivity index (χ0n) is 14.9. The van der Waals surface area contributed by atoms with Gasteiger partial charge in [-0.3, -0.25) is 14.3 Å². The lowest BCUT2D eigenvalue weighted by atomic mass is 9.85. The van der Waals surface area contributed by atoms with Gasteiger partial charge in [-0.15, -0.1) is 0 Å². The molecule has 142 valence electrons. The van der Waals surface area contributed by atoms with Gasteiger partial charge >= 0.3 is 12.1 Å². The summed E-state index contributed by atoms with van der Waals surface area (Å²) in [5, 5.41) is 1.97. The van der Waals surface area contributed by atoms with Gasteiger partial charge < -0.3 is 11.1 Å². The highest BCUT2D eigenvalue weighted by Gasteiger charge is 2.43. The van der Waals surface area contributed by atoms with Crippen molar-refractivity contribution in [3.8, 4) is 5.69 Å². The number of anilines is 1. The van der Waals surface area contributed by atoms with Crippen LogP contribution in [-0.4, -0.2) is 27.0 Å². The maximum absolute atomic E-state index is 12.6. The van der Waals surface area contributed by atoms with E-state index in [4.69, 9.17) is 5.73 Å². The van der Waals surface area contributed by atoms with E-state index in [1.807, 2.05) is 5.32 Å². The van der Waals surface area contributed by atoms with Crippen molar-refractivity contribution in [3.05, 3.63) is 46.4 Å². The third kappa shape index (κ3) is 3.47. The zero-order valence-corrected chi connectivity index (χ0v) is 14.9. The first kappa shape index (κ1) is 19.6. The molecule has 0 aliphatic heterocycles. The Kier molecular flexibility index (Phi) is 4.94. The molecule has 0 spiro atoms. The summed E-state index contributed by atoms with van der Waals surface area (Å²) in [6.07, 6.45) is -5.00. The molecule has 26 heavy (non-hydrogen) atoms. The maximum atomic E-state index is 12.6. The first-order valence-electron chi connectivity index (χ1n) is 7.90. The highest BCUT2D eigenvalue weighted by molar-refractivity contribution is 5.82. The molecule has 1 amide bonds. The topological polar surface area (TPSA) is 82.1 Å². The van der Waals surface area contributed by atoms with E-state index in [0.29, 0.717) is 11.4 Å². The number of nitrogens with zero attached hydrogens (tertiary/aromatic N) is 2. The van der Waals surface area contributed by atoms with E-state index in [0.717, 1.165) is 0 Å². The van der Waals surface area contributed by atoms with Gasteiger partial charge in [-0.25, -0.2) is 4.68 Å². The first-order chi connectivity index (χ1) is 11.9. The number of carbonyl (C=O) groups is 1. The van der Waals surface area contributed by atoms with E-state index in [1.54, 1.807) is 44.3 Å². The van der Waals surface area contributed by atoms with Gasteiger partial charge in [0, 0.05) is 18.5 Å². The van der Waals surface area contributed by atoms with E-state index in [9.17, 15) is 22.8 Å². The van der Waals surface area contributed by atoms with Crippen LogP contribution >= 0.6 is 0 Å². The zero-order chi connectivity index (χ0) is 19.9. The lowest BCUT2D eigenvalue weighted by molar-refractivity contribution is -0.175. The van der Waals surface area contributed by atoms with Crippen molar-refractivity contribution in [2.24, 2.45) is 7.05 Å². The molecule has 1 heterocycles. The van der Waals surface area contributed by atoms with Crippen LogP contribution in [0.3, 0.4) is 0 Å². The van der Waals surface area contributed by atoms with Crippen LogP contribution in [-0.2, 0) is 11.8 Å². The quantitative estimate of drug-likeness (QED) is 0.867. The van der Waals surface area contributed by atoms with Crippen molar-refractivity contribution >= 4 is 11.6 Å². The Morgan fingerprint density at radius 3 is 2.23 bits per heavy atom. The number of rotatable bonds is 4. The molecule has 0 fully saturated rings. The molecule has 6 nitrogen and oxygen atoms in total. The number of alkyl halides is 3. The summed E-state index contributed by atoms with van der Waals surface area (Å²) in [7, 11) is 1.60. The van der Waals surface area contributed by atoms with Crippen molar-refractivity contribution in [1.82, 2.24) is 14.7 Å². The van der Waals surface area contributed by atoms with E-state index in [1.165, 1.54) is 23.2 Å². The molecule has 1 unspecified atom stereocenters. The van der Waals surface area contributed by atoms with Crippen LogP contribution in [0, 0.1) is 0 Å². The standard InChI is InChI=1S/C17H21F3N4O2/c1-10(16(2,3)22-15(26)17(18,19)20)13-12(21)14(25)24(23(13)4)11-8-6-5-7-9-11/h5-10H,21H2,1-4H3,(H,22,26). The first-order valence-corrected chi connectivity index (χ1v) is 7.90. The van der Waals surface area contributed by atoms with Gasteiger partial charge in [-0.1, -0.05) is 25.1 Å². The summed E-state index contributed by atoms with van der Waals surface area (Å²) in [6.45, 7) is 4.51. The van der Waals surface area contributed by atoms with Gasteiger partial charge in [0.2, 0.25) is 0 Å². The van der Waals surface area contributed by atoms with Crippen molar-refractivity contribution in [2.45, 2.75) is 38.4 Å². The molecule has 2 rings (SSSR count). The molecule has 2 aromatic rings. The molecule has 0 bridgehead atoms. The number of para-hydroxylation sites is 1. The second kappa shape index (κ2) is 6.54. The Balaban J connectivity index is 2.49. The molecule has 0 saturated heterocycles. The molecule has 0 aliphatic rings. The lowest BCUT2D eigenvalue weighted by Gasteiger charge is -2.33. The fourth-order valence-electron chi connectivity index (χ4n) is 2.83. The van der Waals surface area contributed by atoms with E-state index < -0.39 is 29.1 Å². The Labute approximate surface area is 148 Å². The molecule has 3 N–H and O–H groups in total. The van der Waals surface area contributed by atoms with E-state index in [-0.39, 0.29) is 5.69 Å². The molecule has 1 aromatic heterocycles. The van der Waals surface area contributed by atoms with Gasteiger partial charge in [0.1, 0.15) is 5.69 Å². The molecule has 1 atom stereocenters. The second-order valence-electron chi connectivity index (χ2n) is 6.67. The van der Waals surface area contributed by atoms with Crippen LogP contribution in [0.15, 0.2) is 35.1 Å². The summed E-state index contributed by atoms with van der Waals surface area (Å²) < 4.78 is 40.6. The van der Waals surface area contributed by atoms with Crippen molar-refractivity contribution < 1.29 is 18.0 Å². The fraction of sp³-hybridized carbons (Fsp3) is 0.412. The third-order valence-electron chi connectivity index (χ3n) is 4.53. The number of hydrogen-bond donors (Lipinski definition) is 2. The predicted molar refractivity (Wildman–Crippen MR) is 92.1 cm³/mol. The van der Waals surface area contributed by atoms with Crippen LogP contribution in [0.4, 0.5) is 18.9 Å². The predicted octanol–water partition coefficient (Wildman–Crippen LogP) is 2.32. The van der Waals surface area contributed by atoms with Crippen molar-refractivity contribution in [1.29, 1.82) is 0 Å². The van der Waals surface area contributed by atoms with Crippen LogP contribution in [0.25, 0.3) is 5.69 Å². The largest absolute Gasteiger partial charge is 0.471 e. The average Bonchev–Trinajstić information content (AvgIpc) is 2.76. The SMILES string of the molecule is CC(c1c(N)c(=O)n(-c2ccccc2)n1C)C(C)(C)NC(=O)C(F)(F)F. The van der Waals surface area contributed by atoms with Crippen molar-refractivity contribution in [3.63, 3.8) is 0 Å². The monoisotopic (exact) mass is 370 g/mol. The average molecular weight is 370 g/mol. The summed E-state index contributed by atoms with van der Waals surface area (Å²) >= 11 is 0. The minimum Gasteiger partial charge on any atom is -0.393 e. The van der Waals surface area contributed by atoms with Gasteiger partial charge in [-0.2, -0.15) is 13.2 Å². The number of nitrogens with one attached hydrogen (secondary N) is 1. The van der Waals surface area contributed by atoms with Crippen molar-refractivity contribution in [2.75, 3.05) is 5.73 Å². The Hall–Kier alpha value is -2.71. The summed E-state index contributed by atoms with van der Waals surface area (Å²) in [4.78, 5) is 23.9. The number of amides is 1. The second-order valence-corrected chi connectivity index (χ2v) is 6.67. The van der Waals surface area contributed by atoms with Gasteiger partial charge in [0.25, 0.3) is 5.56 Å². The number of aromatic nitrogens is 2. The molecule has 0 radical (unpaired) electrons. The minimum absolute atomic E-state index is 0.0711. The third-order valence-corrected chi connectivity index (χ3v) is 4.53. The highest BCUT2D eigenvalue weighted by Crippen LogP contribution is 2.31. The molecular weight excluding hydrogens is 349 g/mol. The summed E-state index contributed by atoms with van der Waals surface area (Å²) in [6, 6.07) is 8.72. The van der Waals surface area contributed by atoms with Crippen LogP contribution in [0.5, 0.6) is 0 Å². The number of hydrogen-bond acceptors (Lipinski definition) is 3. The number of benzene rings is 1. The normalized spacial score (nSPS) is 13.5. The number of carbonyl (C=O) groups excluding carboxylic acids is 1. The molecular formula is C17H21F3N4O2. The number of nitrogens with two attached hydrogens (primary N) is 1. The minimum atomic E-state index is -5.00. The Morgan fingerprint density at radius 1 is 1.19 bits per heavy atom. The van der Waals surface area contributed by atoms with Gasteiger partial charge in [0.05, 0.1) is 11.4 Å². The van der Waals surface area contributed by atoms with Gasteiger partial charge in [-0.05, 0) is 26.0 Å². The van der Waals surface area contributed by atoms with Crippen LogP contribution < -0.4 is 16.6 Å². The highest BCUT2D eigenvalue weighted by atomic mass is 19.4. The van der Waals surface area contributed by atoms with Crippen LogP contribution in [0.2, 0.25) is 0 Å². The molecule has 1 aromatic carbocycles. The maximum Gasteiger partial charge on any atom is 0.471 e. The fourth-order valence-corrected chi connectivity index (χ4v) is 2.83. The van der Waals surface area contributed by atoms with E-state index >= 15 is 0 Å². The number of halogens is 3. The smallest absolute Gasteiger partial charge is 0.393 e. The van der Waals surface area contributed by atoms with Crippen LogP contribution in [0.1, 0.15) is 32.4 Å². The summed E-state index contributed by atoms with van der Waals surface area (Å²) in [5.41, 5.74) is 5.03. The molecule has 0 saturated carbocycles. The summed E-state index contributed by atoms with van der Waals surface area (Å²) in [5.74, 6) is -2.71. The molecule has 9 heteroatoms. The van der Waals surface area contributed by atoms with E-state index in [2.05, 4.69) is 0 Å². The molecule has 0 aliphatic carbocycles. The Bertz CT molecular complexity index is 867.